The fourth-order valence-electron chi connectivity index (χ4n) is 5.34. The van der Waals surface area contributed by atoms with E-state index in [4.69, 9.17) is 4.98 Å². The average Bonchev–Trinajstić information content (AvgIpc) is 3.15. The Hall–Kier alpha value is -2.73. The third-order valence-corrected chi connectivity index (χ3v) is 7.18. The summed E-state index contributed by atoms with van der Waals surface area (Å²) in [6.07, 6.45) is 6.68. The Morgan fingerprint density at radius 1 is 1.03 bits per heavy atom. The third-order valence-electron chi connectivity index (χ3n) is 7.18. The Morgan fingerprint density at radius 3 is 2.68 bits per heavy atom. The van der Waals surface area contributed by atoms with E-state index in [-0.39, 0.29) is 17.3 Å². The summed E-state index contributed by atoms with van der Waals surface area (Å²) in [6, 6.07) is 12.7. The molecule has 1 atom stereocenters. The van der Waals surface area contributed by atoms with Gasteiger partial charge < -0.3 is 9.30 Å². The first-order valence-corrected chi connectivity index (χ1v) is 11.2. The predicted octanol–water partition coefficient (Wildman–Crippen LogP) is 4.33. The zero-order chi connectivity index (χ0) is 21.4. The Labute approximate surface area is 182 Å². The maximum atomic E-state index is 13.3. The number of fused-ring (bicyclic) bond motifs is 1. The molecule has 2 saturated heterocycles. The Morgan fingerprint density at radius 2 is 1.87 bits per heavy atom. The smallest absolute Gasteiger partial charge is 0.223 e. The molecule has 1 spiro atoms. The second-order valence-electron chi connectivity index (χ2n) is 9.03. The lowest BCUT2D eigenvalue weighted by molar-refractivity contribution is -0.132. The number of carbonyl (C=O) groups is 1. The first kappa shape index (κ1) is 20.2. The number of halogens is 1. The van der Waals surface area contributed by atoms with Gasteiger partial charge in [0.15, 0.2) is 0 Å². The van der Waals surface area contributed by atoms with Gasteiger partial charge in [-0.3, -0.25) is 9.69 Å². The van der Waals surface area contributed by atoms with Crippen LogP contribution in [-0.2, 0) is 17.9 Å². The lowest BCUT2D eigenvalue weighted by Crippen LogP contribution is -2.45. The molecule has 5 nitrogen and oxygen atoms in total. The number of hydrogen-bond acceptors (Lipinski definition) is 3. The number of hydrogen-bond donors (Lipinski definition) is 0. The fraction of sp³-hybridized carbons (Fsp3) is 0.440. The highest BCUT2D eigenvalue weighted by atomic mass is 19.1. The van der Waals surface area contributed by atoms with Gasteiger partial charge >= 0.3 is 0 Å². The van der Waals surface area contributed by atoms with Gasteiger partial charge in [0.25, 0.3) is 0 Å². The first-order valence-electron chi connectivity index (χ1n) is 11.2. The highest BCUT2D eigenvalue weighted by Crippen LogP contribution is 2.40. The average molecular weight is 421 g/mol. The number of likely N-dealkylation sites (tertiary alicyclic amines) is 2. The summed E-state index contributed by atoms with van der Waals surface area (Å²) in [5, 5.41) is 0. The molecule has 6 heteroatoms. The summed E-state index contributed by atoms with van der Waals surface area (Å²) in [6.45, 7) is 5.53. The molecular formula is C25H29FN4O. The quantitative estimate of drug-likeness (QED) is 0.631. The number of nitrogens with zero attached hydrogens (tertiary/aromatic N) is 4. The number of amides is 1. The van der Waals surface area contributed by atoms with E-state index in [0.717, 1.165) is 62.2 Å². The largest absolute Gasteiger partial charge is 0.333 e. The zero-order valence-corrected chi connectivity index (χ0v) is 18.1. The molecule has 3 aromatic rings. The number of rotatable bonds is 4. The van der Waals surface area contributed by atoms with E-state index in [9.17, 15) is 9.18 Å². The van der Waals surface area contributed by atoms with E-state index >= 15 is 0 Å². The first-order chi connectivity index (χ1) is 15.0. The van der Waals surface area contributed by atoms with Crippen molar-refractivity contribution < 1.29 is 9.18 Å². The van der Waals surface area contributed by atoms with Crippen LogP contribution in [0.4, 0.5) is 4.39 Å². The normalized spacial score (nSPS) is 22.5. The van der Waals surface area contributed by atoms with Crippen LogP contribution in [0, 0.1) is 12.7 Å². The number of aryl methyl sites for hydroxylation is 1. The summed E-state index contributed by atoms with van der Waals surface area (Å²) in [7, 11) is 0. The van der Waals surface area contributed by atoms with Gasteiger partial charge in [-0.1, -0.05) is 18.2 Å². The topological polar surface area (TPSA) is 40.9 Å². The molecule has 2 aliphatic rings. The highest BCUT2D eigenvalue weighted by molar-refractivity contribution is 5.79. The lowest BCUT2D eigenvalue weighted by Gasteiger charge is -2.38. The van der Waals surface area contributed by atoms with Gasteiger partial charge in [-0.25, -0.2) is 9.37 Å². The summed E-state index contributed by atoms with van der Waals surface area (Å²) < 4.78 is 15.5. The molecule has 2 aliphatic heterocycles. The van der Waals surface area contributed by atoms with Crippen molar-refractivity contribution in [3.63, 3.8) is 0 Å². The molecular weight excluding hydrogens is 391 g/mol. The second-order valence-corrected chi connectivity index (χ2v) is 9.03. The van der Waals surface area contributed by atoms with Crippen LogP contribution in [0.15, 0.2) is 48.7 Å². The minimum atomic E-state index is -0.237. The van der Waals surface area contributed by atoms with E-state index in [1.807, 2.05) is 18.2 Å². The Kier molecular flexibility index (Phi) is 5.26. The van der Waals surface area contributed by atoms with Crippen molar-refractivity contribution in [3.8, 4) is 0 Å². The molecule has 4 heterocycles. The molecule has 0 N–H and O–H groups in total. The van der Waals surface area contributed by atoms with Gasteiger partial charge in [-0.05, 0) is 69.0 Å². The molecule has 1 aromatic carbocycles. The van der Waals surface area contributed by atoms with E-state index in [2.05, 4.69) is 27.3 Å². The number of pyridine rings is 1. The van der Waals surface area contributed by atoms with Gasteiger partial charge in [-0.2, -0.15) is 0 Å². The lowest BCUT2D eigenvalue weighted by atomic mass is 9.87. The molecule has 0 saturated carbocycles. The van der Waals surface area contributed by atoms with Crippen molar-refractivity contribution in [1.29, 1.82) is 0 Å². The number of carbonyl (C=O) groups excluding carboxylic acids is 1. The van der Waals surface area contributed by atoms with Crippen molar-refractivity contribution in [2.24, 2.45) is 0 Å². The maximum Gasteiger partial charge on any atom is 0.223 e. The molecule has 162 valence electrons. The minimum Gasteiger partial charge on any atom is -0.333 e. The van der Waals surface area contributed by atoms with E-state index in [1.54, 1.807) is 12.1 Å². The molecule has 31 heavy (non-hydrogen) atoms. The second kappa shape index (κ2) is 8.08. The molecule has 0 unspecified atom stereocenters. The Balaban J connectivity index is 1.31. The van der Waals surface area contributed by atoms with Gasteiger partial charge in [0.05, 0.1) is 5.69 Å². The monoisotopic (exact) mass is 420 g/mol. The van der Waals surface area contributed by atoms with Crippen molar-refractivity contribution in [2.45, 2.75) is 57.7 Å². The number of benzene rings is 1. The van der Waals surface area contributed by atoms with Crippen LogP contribution in [0.1, 0.15) is 49.1 Å². The minimum absolute atomic E-state index is 0.0752. The highest BCUT2D eigenvalue weighted by Gasteiger charge is 2.45. The Bertz CT molecular complexity index is 1090. The standard InChI is InChI=1S/C25H29FN4O/c1-19-22(27-23-5-2-3-15-29(19)23)18-28-14-4-11-25(13-16-28)12-10-24(31)30(25)17-20-6-8-21(26)9-7-20/h2-3,5-9,15H,4,10-14,16-18H2,1H3/t25-/m0/s1. The van der Waals surface area contributed by atoms with E-state index < -0.39 is 0 Å². The van der Waals surface area contributed by atoms with Crippen LogP contribution in [0.5, 0.6) is 0 Å². The van der Waals surface area contributed by atoms with Crippen molar-refractivity contribution in [3.05, 3.63) is 71.4 Å². The molecule has 1 amide bonds. The van der Waals surface area contributed by atoms with Crippen molar-refractivity contribution in [1.82, 2.24) is 19.2 Å². The van der Waals surface area contributed by atoms with Crippen LogP contribution in [0.3, 0.4) is 0 Å². The SMILES string of the molecule is Cc1c(CN2CCC[C@]3(CCC(=O)N3Cc3ccc(F)cc3)CC2)nc2ccccn12. The van der Waals surface area contributed by atoms with Crippen molar-refractivity contribution >= 4 is 11.6 Å². The van der Waals surface area contributed by atoms with Gasteiger partial charge in [-0.15, -0.1) is 0 Å². The fourth-order valence-corrected chi connectivity index (χ4v) is 5.34. The van der Waals surface area contributed by atoms with Crippen LogP contribution in [-0.4, -0.2) is 43.7 Å². The molecule has 2 fully saturated rings. The maximum absolute atomic E-state index is 13.3. The molecule has 0 aliphatic carbocycles. The van der Waals surface area contributed by atoms with Gasteiger partial charge in [0.2, 0.25) is 5.91 Å². The van der Waals surface area contributed by atoms with Gasteiger partial charge in [0, 0.05) is 43.5 Å². The molecule has 2 aromatic heterocycles. The summed E-state index contributed by atoms with van der Waals surface area (Å²) >= 11 is 0. The third kappa shape index (κ3) is 3.85. The van der Waals surface area contributed by atoms with E-state index in [0.29, 0.717) is 13.0 Å². The summed E-state index contributed by atoms with van der Waals surface area (Å²) in [5.41, 5.74) is 4.25. The van der Waals surface area contributed by atoms with Crippen LogP contribution >= 0.6 is 0 Å². The molecule has 0 bridgehead atoms. The number of imidazole rings is 1. The van der Waals surface area contributed by atoms with Crippen LogP contribution < -0.4 is 0 Å². The van der Waals surface area contributed by atoms with E-state index in [1.165, 1.54) is 17.8 Å². The summed E-state index contributed by atoms with van der Waals surface area (Å²) in [5.74, 6) is -0.00692. The molecule has 5 rings (SSSR count). The van der Waals surface area contributed by atoms with Crippen molar-refractivity contribution in [2.75, 3.05) is 13.1 Å². The van der Waals surface area contributed by atoms with Gasteiger partial charge in [0.1, 0.15) is 11.5 Å². The molecule has 0 radical (unpaired) electrons. The summed E-state index contributed by atoms with van der Waals surface area (Å²) in [4.78, 5) is 22.2. The van der Waals surface area contributed by atoms with Crippen LogP contribution in [0.25, 0.3) is 5.65 Å². The number of aromatic nitrogens is 2. The zero-order valence-electron chi connectivity index (χ0n) is 18.1. The predicted molar refractivity (Wildman–Crippen MR) is 118 cm³/mol. The van der Waals surface area contributed by atoms with Crippen LogP contribution in [0.2, 0.25) is 0 Å².